The Labute approximate surface area is 212 Å². The van der Waals surface area contributed by atoms with Gasteiger partial charge in [-0.15, -0.1) is 0 Å². The molecule has 2 amide bonds. The lowest BCUT2D eigenvalue weighted by Crippen LogP contribution is -2.52. The second-order valence-electron chi connectivity index (χ2n) is 9.01. The molecule has 1 fully saturated rings. The van der Waals surface area contributed by atoms with Gasteiger partial charge in [0, 0.05) is 12.1 Å². The number of benzene rings is 2. The van der Waals surface area contributed by atoms with Crippen LogP contribution >= 0.6 is 0 Å². The maximum atomic E-state index is 13.2. The topological polar surface area (TPSA) is 105 Å². The van der Waals surface area contributed by atoms with Crippen molar-refractivity contribution >= 4 is 23.6 Å². The molecule has 0 bridgehead atoms. The quantitative estimate of drug-likeness (QED) is 0.441. The summed E-state index contributed by atoms with van der Waals surface area (Å²) in [7, 11) is 0. The number of amides is 2. The first-order chi connectivity index (χ1) is 17.4. The Kier molecular flexibility index (Phi) is 10.2. The summed E-state index contributed by atoms with van der Waals surface area (Å²) in [6.45, 7) is 4.31. The Hall–Kier alpha value is -3.52. The van der Waals surface area contributed by atoms with Crippen molar-refractivity contribution in [2.45, 2.75) is 57.7 Å². The molecule has 1 aliphatic heterocycles. The molecule has 2 N–H and O–H groups in total. The fourth-order valence-electron chi connectivity index (χ4n) is 4.21. The molecule has 1 heterocycles. The van der Waals surface area contributed by atoms with Crippen LogP contribution in [0.5, 0.6) is 0 Å². The van der Waals surface area contributed by atoms with Crippen LogP contribution in [0.1, 0.15) is 49.0 Å². The van der Waals surface area contributed by atoms with Gasteiger partial charge in [-0.05, 0) is 50.3 Å². The number of hydrogen-bond acceptors (Lipinski definition) is 6. The third-order valence-corrected chi connectivity index (χ3v) is 6.22. The minimum atomic E-state index is -0.765. The normalized spacial score (nSPS) is 16.7. The number of esters is 1. The molecule has 3 atom stereocenters. The fourth-order valence-corrected chi connectivity index (χ4v) is 4.21. The third kappa shape index (κ3) is 7.49. The molecule has 36 heavy (non-hydrogen) atoms. The van der Waals surface area contributed by atoms with E-state index in [9.17, 15) is 19.2 Å². The molecule has 192 valence electrons. The number of rotatable bonds is 12. The van der Waals surface area contributed by atoms with Gasteiger partial charge in [0.15, 0.2) is 5.78 Å². The molecule has 1 aliphatic rings. The van der Waals surface area contributed by atoms with Crippen molar-refractivity contribution in [3.05, 3.63) is 71.8 Å². The first kappa shape index (κ1) is 27.1. The molecule has 2 aromatic carbocycles. The molecule has 0 aromatic heterocycles. The van der Waals surface area contributed by atoms with Gasteiger partial charge in [0.05, 0.1) is 25.2 Å². The highest BCUT2D eigenvalue weighted by Gasteiger charge is 2.37. The van der Waals surface area contributed by atoms with Crippen LogP contribution in [0, 0.1) is 0 Å². The summed E-state index contributed by atoms with van der Waals surface area (Å²) in [4.78, 5) is 52.9. The lowest BCUT2D eigenvalue weighted by Gasteiger charge is -2.27. The van der Waals surface area contributed by atoms with Crippen molar-refractivity contribution in [1.29, 1.82) is 0 Å². The van der Waals surface area contributed by atoms with Crippen LogP contribution in [-0.2, 0) is 25.5 Å². The van der Waals surface area contributed by atoms with Crippen LogP contribution in [0.25, 0.3) is 0 Å². The third-order valence-electron chi connectivity index (χ3n) is 6.22. The second kappa shape index (κ2) is 13.5. The molecule has 8 nitrogen and oxygen atoms in total. The number of ketones is 1. The molecule has 0 aliphatic carbocycles. The highest BCUT2D eigenvalue weighted by Crippen LogP contribution is 2.20. The summed E-state index contributed by atoms with van der Waals surface area (Å²) in [5.74, 6) is -1.19. The summed E-state index contributed by atoms with van der Waals surface area (Å²) in [5, 5.41) is 5.84. The highest BCUT2D eigenvalue weighted by atomic mass is 16.5. The zero-order valence-electron chi connectivity index (χ0n) is 20.9. The molecule has 2 aromatic rings. The van der Waals surface area contributed by atoms with Gasteiger partial charge >= 0.3 is 5.97 Å². The molecule has 0 spiro atoms. The zero-order valence-corrected chi connectivity index (χ0v) is 20.9. The molecular weight excluding hydrogens is 458 g/mol. The SMILES string of the molecule is CCCOC(=O)[C@@H]1CCCN1C(=O)[C@H](C)NCC(=O)C(Cc1ccccc1)NC(=O)c1ccccc1. The molecule has 3 rings (SSSR count). The van der Waals surface area contributed by atoms with E-state index in [1.165, 1.54) is 0 Å². The van der Waals surface area contributed by atoms with Gasteiger partial charge in [-0.1, -0.05) is 55.5 Å². The minimum absolute atomic E-state index is 0.0989. The molecule has 8 heteroatoms. The van der Waals surface area contributed by atoms with E-state index in [1.54, 1.807) is 36.1 Å². The van der Waals surface area contributed by atoms with E-state index in [1.807, 2.05) is 43.3 Å². The number of Topliss-reactive ketones (excluding diaryl/α,β-unsaturated/α-hetero) is 1. The van der Waals surface area contributed by atoms with Gasteiger partial charge in [0.2, 0.25) is 5.91 Å². The summed E-state index contributed by atoms with van der Waals surface area (Å²) in [6, 6.07) is 16.2. The largest absolute Gasteiger partial charge is 0.464 e. The standard InChI is InChI=1S/C28H35N3O5/c1-3-17-36-28(35)24-15-10-16-31(24)27(34)20(2)29-19-25(32)23(18-21-11-6-4-7-12-21)30-26(33)22-13-8-5-9-14-22/h4-9,11-14,20,23-24,29H,3,10,15-19H2,1-2H3,(H,30,33)/t20-,23?,24-/m0/s1. The van der Waals surface area contributed by atoms with Gasteiger partial charge in [0.1, 0.15) is 6.04 Å². The second-order valence-corrected chi connectivity index (χ2v) is 9.01. The lowest BCUT2D eigenvalue weighted by molar-refractivity contribution is -0.154. The Morgan fingerprint density at radius 1 is 1.03 bits per heavy atom. The average Bonchev–Trinajstić information content (AvgIpc) is 3.40. The minimum Gasteiger partial charge on any atom is -0.464 e. The van der Waals surface area contributed by atoms with Crippen LogP contribution in [0.15, 0.2) is 60.7 Å². The van der Waals surface area contributed by atoms with Crippen molar-refractivity contribution in [3.8, 4) is 0 Å². The lowest BCUT2D eigenvalue weighted by atomic mass is 10.0. The van der Waals surface area contributed by atoms with Crippen molar-refractivity contribution in [3.63, 3.8) is 0 Å². The number of carbonyl (C=O) groups is 4. The predicted octanol–water partition coefficient (Wildman–Crippen LogP) is 2.52. The van der Waals surface area contributed by atoms with E-state index in [2.05, 4.69) is 10.6 Å². The number of nitrogens with one attached hydrogen (secondary N) is 2. The van der Waals surface area contributed by atoms with E-state index in [-0.39, 0.29) is 30.1 Å². The van der Waals surface area contributed by atoms with Crippen molar-refractivity contribution in [2.75, 3.05) is 19.7 Å². The Morgan fingerprint density at radius 3 is 2.36 bits per heavy atom. The highest BCUT2D eigenvalue weighted by molar-refractivity contribution is 5.98. The Morgan fingerprint density at radius 2 is 1.69 bits per heavy atom. The van der Waals surface area contributed by atoms with E-state index < -0.39 is 18.1 Å². The number of nitrogens with zero attached hydrogens (tertiary/aromatic N) is 1. The maximum Gasteiger partial charge on any atom is 0.328 e. The van der Waals surface area contributed by atoms with Crippen LogP contribution < -0.4 is 10.6 Å². The van der Waals surface area contributed by atoms with E-state index in [0.717, 1.165) is 18.4 Å². The summed E-state index contributed by atoms with van der Waals surface area (Å²) in [6.07, 6.45) is 2.36. The Bertz CT molecular complexity index is 1030. The van der Waals surface area contributed by atoms with Gasteiger partial charge in [-0.25, -0.2) is 4.79 Å². The first-order valence-corrected chi connectivity index (χ1v) is 12.5. The average molecular weight is 494 g/mol. The fraction of sp³-hybridized carbons (Fsp3) is 0.429. The van der Waals surface area contributed by atoms with Gasteiger partial charge in [-0.3, -0.25) is 19.7 Å². The van der Waals surface area contributed by atoms with Crippen LogP contribution in [-0.4, -0.2) is 66.3 Å². The van der Waals surface area contributed by atoms with E-state index >= 15 is 0 Å². The van der Waals surface area contributed by atoms with Crippen molar-refractivity contribution in [2.24, 2.45) is 0 Å². The molecule has 0 radical (unpaired) electrons. The maximum absolute atomic E-state index is 13.2. The molecular formula is C28H35N3O5. The van der Waals surface area contributed by atoms with Gasteiger partial charge in [0.25, 0.3) is 5.91 Å². The predicted molar refractivity (Wildman–Crippen MR) is 136 cm³/mol. The number of ether oxygens (including phenoxy) is 1. The summed E-state index contributed by atoms with van der Waals surface area (Å²) < 4.78 is 5.25. The monoisotopic (exact) mass is 493 g/mol. The number of hydrogen-bond donors (Lipinski definition) is 2. The number of likely N-dealkylation sites (tertiary alicyclic amines) is 1. The van der Waals surface area contributed by atoms with Crippen LogP contribution in [0.3, 0.4) is 0 Å². The summed E-state index contributed by atoms with van der Waals surface area (Å²) in [5.41, 5.74) is 1.38. The van der Waals surface area contributed by atoms with Crippen LogP contribution in [0.2, 0.25) is 0 Å². The smallest absolute Gasteiger partial charge is 0.328 e. The van der Waals surface area contributed by atoms with Crippen molar-refractivity contribution in [1.82, 2.24) is 15.5 Å². The zero-order chi connectivity index (χ0) is 25.9. The number of carbonyl (C=O) groups excluding carboxylic acids is 4. The summed E-state index contributed by atoms with van der Waals surface area (Å²) >= 11 is 0. The molecule has 1 saturated heterocycles. The van der Waals surface area contributed by atoms with E-state index in [4.69, 9.17) is 4.74 Å². The molecule has 1 unspecified atom stereocenters. The van der Waals surface area contributed by atoms with Gasteiger partial charge < -0.3 is 15.0 Å². The molecule has 0 saturated carbocycles. The van der Waals surface area contributed by atoms with Gasteiger partial charge in [-0.2, -0.15) is 0 Å². The Balaban J connectivity index is 1.62. The van der Waals surface area contributed by atoms with E-state index in [0.29, 0.717) is 31.6 Å². The first-order valence-electron chi connectivity index (χ1n) is 12.5. The van der Waals surface area contributed by atoms with Crippen molar-refractivity contribution < 1.29 is 23.9 Å². The van der Waals surface area contributed by atoms with Crippen LogP contribution in [0.4, 0.5) is 0 Å².